The Balaban J connectivity index is 1.65. The summed E-state index contributed by atoms with van der Waals surface area (Å²) in [5, 5.41) is 9.37. The number of rotatable bonds is 7. The topological polar surface area (TPSA) is 72.8 Å². The van der Waals surface area contributed by atoms with E-state index in [-0.39, 0.29) is 29.6 Å². The molecule has 3 aromatic carbocycles. The number of carbonyl (C=O) groups excluding carboxylic acids is 2. The van der Waals surface area contributed by atoms with Gasteiger partial charge in [0.05, 0.1) is 17.7 Å². The molecule has 0 amide bonds. The largest absolute Gasteiger partial charge is 0.508 e. The molecule has 0 saturated heterocycles. The van der Waals surface area contributed by atoms with Crippen molar-refractivity contribution < 1.29 is 28.6 Å². The maximum atomic E-state index is 14.3. The van der Waals surface area contributed by atoms with Crippen molar-refractivity contribution in [2.75, 3.05) is 6.61 Å². The van der Waals surface area contributed by atoms with Crippen molar-refractivity contribution in [1.82, 2.24) is 0 Å². The van der Waals surface area contributed by atoms with Crippen LogP contribution in [-0.4, -0.2) is 23.7 Å². The molecule has 0 aliphatic rings. The van der Waals surface area contributed by atoms with Crippen LogP contribution in [0.4, 0.5) is 4.39 Å². The first kappa shape index (κ1) is 22.0. The van der Waals surface area contributed by atoms with Crippen LogP contribution in [0.1, 0.15) is 41.0 Å². The molecule has 0 spiro atoms. The maximum absolute atomic E-state index is 14.3. The first-order chi connectivity index (χ1) is 14.9. The Morgan fingerprint density at radius 2 is 1.55 bits per heavy atom. The number of halogens is 1. The molecule has 0 aliphatic heterocycles. The summed E-state index contributed by atoms with van der Waals surface area (Å²) in [5.74, 6) is -1.87. The van der Waals surface area contributed by atoms with Crippen LogP contribution in [0.25, 0.3) is 11.1 Å². The van der Waals surface area contributed by atoms with Crippen molar-refractivity contribution in [2.45, 2.75) is 20.3 Å². The van der Waals surface area contributed by atoms with Gasteiger partial charge < -0.3 is 14.6 Å². The minimum Gasteiger partial charge on any atom is -0.508 e. The normalized spacial score (nSPS) is 11.6. The monoisotopic (exact) mass is 422 g/mol. The van der Waals surface area contributed by atoms with E-state index in [9.17, 15) is 19.1 Å². The van der Waals surface area contributed by atoms with Crippen LogP contribution in [0, 0.1) is 11.7 Å². The van der Waals surface area contributed by atoms with E-state index in [1.54, 1.807) is 48.5 Å². The van der Waals surface area contributed by atoms with E-state index >= 15 is 0 Å². The highest BCUT2D eigenvalue weighted by Gasteiger charge is 2.17. The highest BCUT2D eigenvalue weighted by Crippen LogP contribution is 2.23. The predicted molar refractivity (Wildman–Crippen MR) is 115 cm³/mol. The summed E-state index contributed by atoms with van der Waals surface area (Å²) < 4.78 is 24.7. The molecule has 0 fully saturated rings. The number of ether oxygens (including phenoxy) is 2. The summed E-state index contributed by atoms with van der Waals surface area (Å²) in [6.07, 6.45) is 0.848. The van der Waals surface area contributed by atoms with Crippen LogP contribution in [-0.2, 0) is 4.74 Å². The third-order valence-electron chi connectivity index (χ3n) is 4.89. The molecule has 1 unspecified atom stereocenters. The van der Waals surface area contributed by atoms with Gasteiger partial charge >= 0.3 is 11.9 Å². The minimum atomic E-state index is -0.817. The highest BCUT2D eigenvalue weighted by molar-refractivity contribution is 5.92. The second-order valence-corrected chi connectivity index (χ2v) is 7.27. The smallest absolute Gasteiger partial charge is 0.343 e. The molecule has 0 saturated carbocycles. The van der Waals surface area contributed by atoms with Crippen LogP contribution in [0.5, 0.6) is 11.5 Å². The number of hydrogen-bond donors (Lipinski definition) is 1. The van der Waals surface area contributed by atoms with Crippen LogP contribution in [0.3, 0.4) is 0 Å². The summed E-state index contributed by atoms with van der Waals surface area (Å²) in [7, 11) is 0. The lowest BCUT2D eigenvalue weighted by atomic mass is 10.0. The van der Waals surface area contributed by atoms with Crippen molar-refractivity contribution in [3.63, 3.8) is 0 Å². The number of carbonyl (C=O) groups is 2. The Labute approximate surface area is 180 Å². The average Bonchev–Trinajstić information content (AvgIpc) is 2.78. The fourth-order valence-electron chi connectivity index (χ4n) is 2.76. The molecule has 6 heteroatoms. The number of esters is 2. The molecule has 1 atom stereocenters. The second kappa shape index (κ2) is 9.89. The minimum absolute atomic E-state index is 0.0106. The molecule has 160 valence electrons. The fraction of sp³-hybridized carbons (Fsp3) is 0.200. The van der Waals surface area contributed by atoms with E-state index in [1.165, 1.54) is 12.1 Å². The van der Waals surface area contributed by atoms with Crippen molar-refractivity contribution in [3.8, 4) is 22.6 Å². The quantitative estimate of drug-likeness (QED) is 0.395. The van der Waals surface area contributed by atoms with E-state index in [0.29, 0.717) is 5.56 Å². The highest BCUT2D eigenvalue weighted by atomic mass is 19.1. The Hall–Kier alpha value is -3.67. The van der Waals surface area contributed by atoms with Crippen LogP contribution < -0.4 is 4.74 Å². The molecule has 0 bridgehead atoms. The fourth-order valence-corrected chi connectivity index (χ4v) is 2.76. The van der Waals surface area contributed by atoms with Gasteiger partial charge in [0.1, 0.15) is 17.3 Å². The third-order valence-corrected chi connectivity index (χ3v) is 4.89. The SMILES string of the molecule is CCC(C)COC(=O)c1ccc(OC(=O)c2ccc(-c3ccc(O)cc3)cc2)cc1F. The lowest BCUT2D eigenvalue weighted by Crippen LogP contribution is -2.13. The van der Waals surface area contributed by atoms with Crippen molar-refractivity contribution in [3.05, 3.63) is 83.7 Å². The van der Waals surface area contributed by atoms with Gasteiger partial charge in [-0.25, -0.2) is 14.0 Å². The van der Waals surface area contributed by atoms with Gasteiger partial charge in [-0.2, -0.15) is 0 Å². The summed E-state index contributed by atoms with van der Waals surface area (Å²) in [6, 6.07) is 17.0. The van der Waals surface area contributed by atoms with Gasteiger partial charge in [-0.15, -0.1) is 0 Å². The van der Waals surface area contributed by atoms with Crippen LogP contribution >= 0.6 is 0 Å². The van der Waals surface area contributed by atoms with Gasteiger partial charge in [-0.05, 0) is 53.4 Å². The van der Waals surface area contributed by atoms with Gasteiger partial charge in [0.25, 0.3) is 0 Å². The lowest BCUT2D eigenvalue weighted by Gasteiger charge is -2.11. The number of phenolic OH excluding ortho intramolecular Hbond substituents is 1. The van der Waals surface area contributed by atoms with E-state index in [2.05, 4.69) is 0 Å². The number of hydrogen-bond acceptors (Lipinski definition) is 5. The zero-order valence-corrected chi connectivity index (χ0v) is 17.3. The molecule has 3 aromatic rings. The number of aromatic hydroxyl groups is 1. The van der Waals surface area contributed by atoms with Crippen molar-refractivity contribution >= 4 is 11.9 Å². The number of phenols is 1. The average molecular weight is 422 g/mol. The van der Waals surface area contributed by atoms with Gasteiger partial charge in [-0.3, -0.25) is 0 Å². The molecule has 0 aliphatic carbocycles. The molecule has 0 radical (unpaired) electrons. The molecule has 5 nitrogen and oxygen atoms in total. The number of benzene rings is 3. The van der Waals surface area contributed by atoms with Crippen molar-refractivity contribution in [1.29, 1.82) is 0 Å². The van der Waals surface area contributed by atoms with Crippen molar-refractivity contribution in [2.24, 2.45) is 5.92 Å². The summed E-state index contributed by atoms with van der Waals surface area (Å²) in [5.41, 5.74) is 1.83. The second-order valence-electron chi connectivity index (χ2n) is 7.27. The van der Waals surface area contributed by atoms with Gasteiger partial charge in [0, 0.05) is 6.07 Å². The zero-order chi connectivity index (χ0) is 22.4. The Bertz CT molecular complexity index is 1060. The van der Waals surface area contributed by atoms with Gasteiger partial charge in [0.15, 0.2) is 0 Å². The molecule has 0 heterocycles. The van der Waals surface area contributed by atoms with Gasteiger partial charge in [-0.1, -0.05) is 44.5 Å². The van der Waals surface area contributed by atoms with Gasteiger partial charge in [0.2, 0.25) is 0 Å². The Morgan fingerprint density at radius 1 is 0.935 bits per heavy atom. The standard InChI is InChI=1S/C25H23FO5/c1-3-16(2)15-30-25(29)22-13-12-21(14-23(22)26)31-24(28)19-6-4-17(5-7-19)18-8-10-20(27)11-9-18/h4-14,16,27H,3,15H2,1-2H3. The third kappa shape index (κ3) is 5.69. The lowest BCUT2D eigenvalue weighted by molar-refractivity contribution is 0.0442. The summed E-state index contributed by atoms with van der Waals surface area (Å²) in [6.45, 7) is 4.12. The first-order valence-corrected chi connectivity index (χ1v) is 9.95. The summed E-state index contributed by atoms with van der Waals surface area (Å²) >= 11 is 0. The molecular weight excluding hydrogens is 399 g/mol. The molecule has 3 rings (SSSR count). The molecular formula is C25H23FO5. The van der Waals surface area contributed by atoms with E-state index in [4.69, 9.17) is 9.47 Å². The Kier molecular flexibility index (Phi) is 7.03. The molecule has 1 N–H and O–H groups in total. The zero-order valence-electron chi connectivity index (χ0n) is 17.3. The predicted octanol–water partition coefficient (Wildman–Crippen LogP) is 5.62. The Morgan fingerprint density at radius 3 is 2.13 bits per heavy atom. The first-order valence-electron chi connectivity index (χ1n) is 9.95. The molecule has 31 heavy (non-hydrogen) atoms. The van der Waals surface area contributed by atoms with Crippen LogP contribution in [0.15, 0.2) is 66.7 Å². The van der Waals surface area contributed by atoms with E-state index < -0.39 is 17.8 Å². The maximum Gasteiger partial charge on any atom is 0.343 e. The van der Waals surface area contributed by atoms with E-state index in [0.717, 1.165) is 23.6 Å². The summed E-state index contributed by atoms with van der Waals surface area (Å²) in [4.78, 5) is 24.4. The van der Waals surface area contributed by atoms with E-state index in [1.807, 2.05) is 13.8 Å². The van der Waals surface area contributed by atoms with Crippen LogP contribution in [0.2, 0.25) is 0 Å². The molecule has 0 aromatic heterocycles.